The monoisotopic (exact) mass is 350 g/mol. The van der Waals surface area contributed by atoms with Crippen molar-refractivity contribution in [3.8, 4) is 0 Å². The number of aromatic nitrogens is 1. The van der Waals surface area contributed by atoms with E-state index >= 15 is 0 Å². The van der Waals surface area contributed by atoms with Crippen molar-refractivity contribution in [1.82, 2.24) is 10.4 Å². The minimum atomic E-state index is -0.152. The zero-order valence-corrected chi connectivity index (χ0v) is 14.5. The highest BCUT2D eigenvalue weighted by atomic mass is 32.1. The van der Waals surface area contributed by atoms with Crippen LogP contribution in [0.25, 0.3) is 0 Å². The van der Waals surface area contributed by atoms with Gasteiger partial charge in [0.1, 0.15) is 5.01 Å². The molecule has 1 aliphatic heterocycles. The van der Waals surface area contributed by atoms with Gasteiger partial charge in [-0.15, -0.1) is 22.7 Å². The van der Waals surface area contributed by atoms with E-state index in [1.165, 1.54) is 16.3 Å². The molecule has 6 nitrogen and oxygen atoms in total. The van der Waals surface area contributed by atoms with Crippen LogP contribution in [0, 0.1) is 6.92 Å². The molecule has 122 valence electrons. The molecular weight excluding hydrogens is 332 g/mol. The van der Waals surface area contributed by atoms with Gasteiger partial charge in [-0.05, 0) is 19.1 Å². The molecule has 1 fully saturated rings. The standard InChI is InChI=1S/C15H18N4O2S2/c1-11-10-22-14(17-11)8-13(20)18-16-9-12-2-3-15(23-12)19-4-6-21-7-5-19/h2-3,9-10H,4-8H2,1H3,(H,18,20)/b16-9-. The number of anilines is 1. The lowest BCUT2D eigenvalue weighted by Gasteiger charge is -2.27. The first-order valence-corrected chi connectivity index (χ1v) is 9.06. The van der Waals surface area contributed by atoms with Crippen molar-refractivity contribution < 1.29 is 9.53 Å². The number of carbonyl (C=O) groups excluding carboxylic acids is 1. The van der Waals surface area contributed by atoms with Crippen molar-refractivity contribution in [3.63, 3.8) is 0 Å². The van der Waals surface area contributed by atoms with E-state index in [9.17, 15) is 4.79 Å². The second kappa shape index (κ2) is 7.67. The molecule has 0 aliphatic carbocycles. The lowest BCUT2D eigenvalue weighted by atomic mass is 10.4. The number of hydrogen-bond acceptors (Lipinski definition) is 7. The maximum Gasteiger partial charge on any atom is 0.246 e. The molecule has 0 aromatic carbocycles. The van der Waals surface area contributed by atoms with Gasteiger partial charge in [0.25, 0.3) is 0 Å². The van der Waals surface area contributed by atoms with Gasteiger partial charge in [0, 0.05) is 29.0 Å². The molecule has 0 unspecified atom stereocenters. The van der Waals surface area contributed by atoms with Gasteiger partial charge in [-0.25, -0.2) is 10.4 Å². The summed E-state index contributed by atoms with van der Waals surface area (Å²) < 4.78 is 5.35. The number of nitrogens with one attached hydrogen (secondary N) is 1. The molecule has 3 heterocycles. The smallest absolute Gasteiger partial charge is 0.246 e. The Morgan fingerprint density at radius 1 is 1.48 bits per heavy atom. The first kappa shape index (κ1) is 16.1. The molecule has 0 spiro atoms. The number of rotatable bonds is 5. The SMILES string of the molecule is Cc1csc(CC(=O)N/N=C\c2ccc(N3CCOCC3)s2)n1. The van der Waals surface area contributed by atoms with Crippen LogP contribution in [-0.4, -0.2) is 43.4 Å². The maximum absolute atomic E-state index is 11.8. The molecule has 0 bridgehead atoms. The molecule has 1 N–H and O–H groups in total. The average molecular weight is 350 g/mol. The Bertz CT molecular complexity index is 689. The number of hydrazone groups is 1. The number of morpholine rings is 1. The van der Waals surface area contributed by atoms with E-state index < -0.39 is 0 Å². The highest BCUT2D eigenvalue weighted by Gasteiger charge is 2.12. The van der Waals surface area contributed by atoms with Crippen LogP contribution in [0.4, 0.5) is 5.00 Å². The Morgan fingerprint density at radius 3 is 3.04 bits per heavy atom. The number of aryl methyl sites for hydroxylation is 1. The van der Waals surface area contributed by atoms with Gasteiger partial charge in [0.15, 0.2) is 0 Å². The fourth-order valence-corrected chi connectivity index (χ4v) is 3.90. The molecule has 3 rings (SSSR count). The second-order valence-electron chi connectivity index (χ2n) is 5.13. The molecule has 0 radical (unpaired) electrons. The minimum absolute atomic E-state index is 0.152. The van der Waals surface area contributed by atoms with Crippen molar-refractivity contribution in [2.45, 2.75) is 13.3 Å². The number of nitrogens with zero attached hydrogens (tertiary/aromatic N) is 3. The predicted octanol–water partition coefficient (Wildman–Crippen LogP) is 2.04. The topological polar surface area (TPSA) is 66.8 Å². The third kappa shape index (κ3) is 4.60. The first-order valence-electron chi connectivity index (χ1n) is 7.36. The van der Waals surface area contributed by atoms with Gasteiger partial charge >= 0.3 is 0 Å². The van der Waals surface area contributed by atoms with Crippen LogP contribution in [0.1, 0.15) is 15.6 Å². The van der Waals surface area contributed by atoms with E-state index in [1.54, 1.807) is 17.6 Å². The third-order valence-electron chi connectivity index (χ3n) is 3.29. The maximum atomic E-state index is 11.8. The molecule has 0 saturated carbocycles. The van der Waals surface area contributed by atoms with Crippen LogP contribution in [0.15, 0.2) is 22.6 Å². The largest absolute Gasteiger partial charge is 0.378 e. The molecule has 2 aromatic heterocycles. The fourth-order valence-electron chi connectivity index (χ4n) is 2.19. The quantitative estimate of drug-likeness (QED) is 0.662. The zero-order valence-electron chi connectivity index (χ0n) is 12.8. The van der Waals surface area contributed by atoms with Gasteiger partial charge in [-0.1, -0.05) is 0 Å². The summed E-state index contributed by atoms with van der Waals surface area (Å²) in [5, 5.41) is 7.97. The van der Waals surface area contributed by atoms with Gasteiger partial charge in [0.05, 0.1) is 30.9 Å². The summed E-state index contributed by atoms with van der Waals surface area (Å²) in [7, 11) is 0. The van der Waals surface area contributed by atoms with E-state index in [-0.39, 0.29) is 12.3 Å². The average Bonchev–Trinajstić information content (AvgIpc) is 3.17. The van der Waals surface area contributed by atoms with Crippen molar-refractivity contribution in [2.75, 3.05) is 31.2 Å². The van der Waals surface area contributed by atoms with Crippen LogP contribution in [0.5, 0.6) is 0 Å². The Balaban J connectivity index is 1.49. The number of ether oxygens (including phenoxy) is 1. The molecule has 1 amide bonds. The van der Waals surface area contributed by atoms with Gasteiger partial charge in [0.2, 0.25) is 5.91 Å². The van der Waals surface area contributed by atoms with Gasteiger partial charge in [-0.2, -0.15) is 5.10 Å². The Labute approximate surface area is 142 Å². The van der Waals surface area contributed by atoms with E-state index in [0.29, 0.717) is 0 Å². The predicted molar refractivity (Wildman–Crippen MR) is 93.6 cm³/mol. The molecular formula is C15H18N4O2S2. The van der Waals surface area contributed by atoms with Crippen molar-refractivity contribution in [3.05, 3.63) is 33.1 Å². The fraction of sp³-hybridized carbons (Fsp3) is 0.400. The Hall–Kier alpha value is -1.77. The summed E-state index contributed by atoms with van der Waals surface area (Å²) in [6.45, 7) is 5.29. The van der Waals surface area contributed by atoms with Crippen molar-refractivity contribution in [2.24, 2.45) is 5.10 Å². The van der Waals surface area contributed by atoms with Crippen LogP contribution in [-0.2, 0) is 16.0 Å². The van der Waals surface area contributed by atoms with Gasteiger partial charge in [-0.3, -0.25) is 4.79 Å². The van der Waals surface area contributed by atoms with Crippen LogP contribution >= 0.6 is 22.7 Å². The summed E-state index contributed by atoms with van der Waals surface area (Å²) in [6.07, 6.45) is 1.94. The molecule has 1 aliphatic rings. The number of hydrogen-bond donors (Lipinski definition) is 1. The Kier molecular flexibility index (Phi) is 5.37. The van der Waals surface area contributed by atoms with Crippen molar-refractivity contribution in [1.29, 1.82) is 0 Å². The highest BCUT2D eigenvalue weighted by molar-refractivity contribution is 7.17. The summed E-state index contributed by atoms with van der Waals surface area (Å²) >= 11 is 3.15. The number of carbonyl (C=O) groups is 1. The van der Waals surface area contributed by atoms with E-state index in [0.717, 1.165) is 41.9 Å². The van der Waals surface area contributed by atoms with Gasteiger partial charge < -0.3 is 9.64 Å². The van der Waals surface area contributed by atoms with E-state index in [2.05, 4.69) is 26.5 Å². The normalized spacial score (nSPS) is 15.3. The number of thiazole rings is 1. The number of thiophene rings is 1. The molecule has 0 atom stereocenters. The lowest BCUT2D eigenvalue weighted by molar-refractivity contribution is -0.120. The highest BCUT2D eigenvalue weighted by Crippen LogP contribution is 2.25. The molecule has 2 aromatic rings. The molecule has 1 saturated heterocycles. The van der Waals surface area contributed by atoms with Crippen LogP contribution in [0.3, 0.4) is 0 Å². The van der Waals surface area contributed by atoms with Crippen LogP contribution < -0.4 is 10.3 Å². The summed E-state index contributed by atoms with van der Waals surface area (Å²) in [6, 6.07) is 4.09. The van der Waals surface area contributed by atoms with E-state index in [4.69, 9.17) is 4.74 Å². The lowest BCUT2D eigenvalue weighted by Crippen LogP contribution is -2.35. The summed E-state index contributed by atoms with van der Waals surface area (Å²) in [4.78, 5) is 19.4. The second-order valence-corrected chi connectivity index (χ2v) is 7.16. The Morgan fingerprint density at radius 2 is 2.30 bits per heavy atom. The van der Waals surface area contributed by atoms with E-state index in [1.807, 2.05) is 18.4 Å². The summed E-state index contributed by atoms with van der Waals surface area (Å²) in [5.74, 6) is -0.152. The first-order chi connectivity index (χ1) is 11.2. The third-order valence-corrected chi connectivity index (χ3v) is 5.34. The van der Waals surface area contributed by atoms with Crippen LogP contribution in [0.2, 0.25) is 0 Å². The minimum Gasteiger partial charge on any atom is -0.378 e. The zero-order chi connectivity index (χ0) is 16.1. The molecule has 23 heavy (non-hydrogen) atoms. The number of amides is 1. The van der Waals surface area contributed by atoms with Crippen molar-refractivity contribution >= 4 is 39.8 Å². The summed E-state index contributed by atoms with van der Waals surface area (Å²) in [5.41, 5.74) is 3.49. The molecule has 8 heteroatoms.